The molecule has 4 atom stereocenters. The summed E-state index contributed by atoms with van der Waals surface area (Å²) in [6, 6.07) is 1.04. The highest BCUT2D eigenvalue weighted by Gasteiger charge is 2.30. The lowest BCUT2D eigenvalue weighted by atomic mass is 9.75. The molecule has 2 nitrogen and oxygen atoms in total. The fourth-order valence-electron chi connectivity index (χ4n) is 3.19. The van der Waals surface area contributed by atoms with Crippen LogP contribution in [0.4, 0.5) is 0 Å². The lowest BCUT2D eigenvalue weighted by molar-refractivity contribution is 0.197. The molecule has 1 fully saturated rings. The number of nitrogens with two attached hydrogens (primary N) is 1. The van der Waals surface area contributed by atoms with Crippen molar-refractivity contribution in [3.8, 4) is 0 Å². The predicted octanol–water partition coefficient (Wildman–Crippen LogP) is 2.53. The zero-order valence-electron chi connectivity index (χ0n) is 10.6. The summed E-state index contributed by atoms with van der Waals surface area (Å²) in [4.78, 5) is 0. The van der Waals surface area contributed by atoms with Gasteiger partial charge < -0.3 is 11.1 Å². The molecule has 0 aromatic rings. The van der Waals surface area contributed by atoms with E-state index in [1.165, 1.54) is 38.5 Å². The summed E-state index contributed by atoms with van der Waals surface area (Å²) in [5.74, 6) is 1.41. The second-order valence-corrected chi connectivity index (χ2v) is 5.00. The molecule has 0 aromatic carbocycles. The van der Waals surface area contributed by atoms with E-state index >= 15 is 0 Å². The van der Waals surface area contributed by atoms with E-state index in [-0.39, 0.29) is 0 Å². The third-order valence-electron chi connectivity index (χ3n) is 4.26. The first-order chi connectivity index (χ1) is 7.24. The Hall–Kier alpha value is -0.0800. The largest absolute Gasteiger partial charge is 0.327 e. The van der Waals surface area contributed by atoms with E-state index in [0.29, 0.717) is 18.0 Å². The van der Waals surface area contributed by atoms with Gasteiger partial charge in [-0.05, 0) is 31.7 Å². The highest BCUT2D eigenvalue weighted by Crippen LogP contribution is 2.29. The maximum atomic E-state index is 6.44. The lowest BCUT2D eigenvalue weighted by Gasteiger charge is -2.37. The molecule has 1 rings (SSSR count). The molecule has 90 valence electrons. The number of rotatable bonds is 3. The van der Waals surface area contributed by atoms with Gasteiger partial charge in [0.2, 0.25) is 0 Å². The van der Waals surface area contributed by atoms with E-state index in [9.17, 15) is 0 Å². The normalized spacial score (nSPS) is 38.4. The fourth-order valence-corrected chi connectivity index (χ4v) is 3.19. The van der Waals surface area contributed by atoms with Crippen molar-refractivity contribution in [1.82, 2.24) is 5.32 Å². The van der Waals surface area contributed by atoms with Gasteiger partial charge in [-0.2, -0.15) is 0 Å². The summed E-state index contributed by atoms with van der Waals surface area (Å²) in [7, 11) is 2.09. The first-order valence-corrected chi connectivity index (χ1v) is 6.67. The molecule has 0 aliphatic heterocycles. The molecule has 0 saturated heterocycles. The van der Waals surface area contributed by atoms with Crippen LogP contribution < -0.4 is 11.1 Å². The minimum atomic E-state index is 0.401. The third kappa shape index (κ3) is 3.18. The lowest BCUT2D eigenvalue weighted by Crippen LogP contribution is -2.48. The van der Waals surface area contributed by atoms with Crippen LogP contribution in [-0.4, -0.2) is 19.1 Å². The number of hydrogen-bond donors (Lipinski definition) is 2. The van der Waals surface area contributed by atoms with Gasteiger partial charge in [-0.1, -0.05) is 39.5 Å². The average Bonchev–Trinajstić information content (AvgIpc) is 2.24. The molecule has 0 amide bonds. The molecule has 15 heavy (non-hydrogen) atoms. The smallest absolute Gasteiger partial charge is 0.0110 e. The van der Waals surface area contributed by atoms with Crippen LogP contribution in [0.5, 0.6) is 0 Å². The quantitative estimate of drug-likeness (QED) is 0.754. The highest BCUT2D eigenvalue weighted by atomic mass is 14.9. The fraction of sp³-hybridized carbons (Fsp3) is 1.00. The molecule has 1 aliphatic carbocycles. The minimum Gasteiger partial charge on any atom is -0.327 e. The second-order valence-electron chi connectivity index (χ2n) is 5.00. The summed E-state index contributed by atoms with van der Waals surface area (Å²) < 4.78 is 0. The van der Waals surface area contributed by atoms with Crippen molar-refractivity contribution in [2.45, 2.75) is 64.5 Å². The summed E-state index contributed by atoms with van der Waals surface area (Å²) in [6.45, 7) is 4.57. The van der Waals surface area contributed by atoms with Crippen LogP contribution in [0.15, 0.2) is 0 Å². The Morgan fingerprint density at radius 1 is 1.13 bits per heavy atom. The molecule has 0 radical (unpaired) electrons. The first-order valence-electron chi connectivity index (χ1n) is 6.67. The molecule has 0 aromatic heterocycles. The van der Waals surface area contributed by atoms with Crippen molar-refractivity contribution < 1.29 is 0 Å². The summed E-state index contributed by atoms with van der Waals surface area (Å²) >= 11 is 0. The van der Waals surface area contributed by atoms with E-state index in [1.807, 2.05) is 0 Å². The zero-order valence-corrected chi connectivity index (χ0v) is 10.6. The molecule has 0 heterocycles. The second kappa shape index (κ2) is 6.49. The van der Waals surface area contributed by atoms with Gasteiger partial charge in [-0.15, -0.1) is 0 Å². The average molecular weight is 212 g/mol. The maximum Gasteiger partial charge on any atom is 0.0110 e. The molecule has 4 unspecified atom stereocenters. The summed E-state index contributed by atoms with van der Waals surface area (Å²) in [5, 5.41) is 3.47. The van der Waals surface area contributed by atoms with Gasteiger partial charge >= 0.3 is 0 Å². The van der Waals surface area contributed by atoms with Crippen molar-refractivity contribution in [3.05, 3.63) is 0 Å². The van der Waals surface area contributed by atoms with Crippen molar-refractivity contribution >= 4 is 0 Å². The molecule has 1 aliphatic rings. The van der Waals surface area contributed by atoms with Crippen molar-refractivity contribution in [2.75, 3.05) is 7.05 Å². The molecule has 3 N–H and O–H groups in total. The minimum absolute atomic E-state index is 0.401. The van der Waals surface area contributed by atoms with Gasteiger partial charge in [0, 0.05) is 12.1 Å². The van der Waals surface area contributed by atoms with Crippen LogP contribution in [0.3, 0.4) is 0 Å². The summed E-state index contributed by atoms with van der Waals surface area (Å²) in [6.07, 6.45) is 7.83. The SMILES string of the molecule is CCC1CCCCC(NC)C(CC)C1N. The Morgan fingerprint density at radius 2 is 1.80 bits per heavy atom. The molecule has 0 bridgehead atoms. The molecular formula is C13H28N2. The van der Waals surface area contributed by atoms with Crippen LogP contribution in [0.1, 0.15) is 52.4 Å². The van der Waals surface area contributed by atoms with E-state index in [2.05, 4.69) is 26.2 Å². The van der Waals surface area contributed by atoms with Crippen molar-refractivity contribution in [1.29, 1.82) is 0 Å². The van der Waals surface area contributed by atoms with Gasteiger partial charge in [0.15, 0.2) is 0 Å². The van der Waals surface area contributed by atoms with E-state index < -0.39 is 0 Å². The van der Waals surface area contributed by atoms with Crippen LogP contribution in [-0.2, 0) is 0 Å². The Bertz CT molecular complexity index is 170. The Morgan fingerprint density at radius 3 is 2.33 bits per heavy atom. The maximum absolute atomic E-state index is 6.44. The van der Waals surface area contributed by atoms with Gasteiger partial charge in [0.05, 0.1) is 0 Å². The Balaban J connectivity index is 2.70. The van der Waals surface area contributed by atoms with Crippen LogP contribution in [0, 0.1) is 11.8 Å². The van der Waals surface area contributed by atoms with Crippen molar-refractivity contribution in [2.24, 2.45) is 17.6 Å². The van der Waals surface area contributed by atoms with E-state index in [1.54, 1.807) is 0 Å². The van der Waals surface area contributed by atoms with Gasteiger partial charge in [0.25, 0.3) is 0 Å². The van der Waals surface area contributed by atoms with Crippen molar-refractivity contribution in [3.63, 3.8) is 0 Å². The number of nitrogens with one attached hydrogen (secondary N) is 1. The van der Waals surface area contributed by atoms with Crippen LogP contribution in [0.25, 0.3) is 0 Å². The van der Waals surface area contributed by atoms with Gasteiger partial charge in [-0.25, -0.2) is 0 Å². The molecule has 0 spiro atoms. The van der Waals surface area contributed by atoms with Gasteiger partial charge in [-0.3, -0.25) is 0 Å². The standard InChI is InChI=1S/C13H28N2/c1-4-10-8-6-7-9-12(15-3)11(5-2)13(10)14/h10-13,15H,4-9,14H2,1-3H3. The predicted molar refractivity (Wildman–Crippen MR) is 66.9 cm³/mol. The summed E-state index contributed by atoms with van der Waals surface area (Å²) in [5.41, 5.74) is 6.44. The van der Waals surface area contributed by atoms with Crippen LogP contribution >= 0.6 is 0 Å². The third-order valence-corrected chi connectivity index (χ3v) is 4.26. The molecule has 1 saturated carbocycles. The molecular weight excluding hydrogens is 184 g/mol. The molecule has 2 heteroatoms. The topological polar surface area (TPSA) is 38.0 Å². The monoisotopic (exact) mass is 212 g/mol. The van der Waals surface area contributed by atoms with Crippen LogP contribution in [0.2, 0.25) is 0 Å². The van der Waals surface area contributed by atoms with E-state index in [0.717, 1.165) is 5.92 Å². The first kappa shape index (κ1) is 13.0. The Kier molecular flexibility index (Phi) is 5.62. The zero-order chi connectivity index (χ0) is 11.3. The number of hydrogen-bond acceptors (Lipinski definition) is 2. The van der Waals surface area contributed by atoms with E-state index in [4.69, 9.17) is 5.73 Å². The van der Waals surface area contributed by atoms with Gasteiger partial charge in [0.1, 0.15) is 0 Å². The highest BCUT2D eigenvalue weighted by molar-refractivity contribution is 4.88. The Labute approximate surface area is 95.0 Å².